The summed E-state index contributed by atoms with van der Waals surface area (Å²) in [7, 11) is 0. The van der Waals surface area contributed by atoms with Crippen LogP contribution in [0.1, 0.15) is 58.3 Å². The number of carbonyl (C=O) groups excluding carboxylic acids is 3. The first-order valence-electron chi connectivity index (χ1n) is 8.96. The fraction of sp³-hybridized carbons (Fsp3) is 0.824. The summed E-state index contributed by atoms with van der Waals surface area (Å²) < 4.78 is 0. The van der Waals surface area contributed by atoms with Gasteiger partial charge in [0.05, 0.1) is 0 Å². The topological polar surface area (TPSA) is 78.5 Å². The quantitative estimate of drug-likeness (QED) is 0.764. The Hall–Kier alpha value is -1.59. The van der Waals surface area contributed by atoms with Crippen molar-refractivity contribution in [3.8, 4) is 0 Å². The van der Waals surface area contributed by atoms with Crippen molar-refractivity contribution >= 4 is 17.8 Å². The van der Waals surface area contributed by atoms with E-state index in [1.807, 2.05) is 0 Å². The van der Waals surface area contributed by atoms with E-state index in [2.05, 4.69) is 17.7 Å². The van der Waals surface area contributed by atoms with E-state index in [1.54, 1.807) is 0 Å². The predicted octanol–water partition coefficient (Wildman–Crippen LogP) is 1.95. The van der Waals surface area contributed by atoms with Gasteiger partial charge in [0.15, 0.2) is 0 Å². The van der Waals surface area contributed by atoms with Gasteiger partial charge in [-0.15, -0.1) is 0 Å². The van der Waals surface area contributed by atoms with Gasteiger partial charge in [-0.1, -0.05) is 13.3 Å². The van der Waals surface area contributed by atoms with Crippen LogP contribution < -0.4 is 10.7 Å². The molecule has 4 fully saturated rings. The number of urea groups is 1. The molecule has 2 N–H and O–H groups in total. The second kappa shape index (κ2) is 5.21. The van der Waals surface area contributed by atoms with Gasteiger partial charge in [0, 0.05) is 5.92 Å². The number of nitrogens with one attached hydrogen (secondary N) is 2. The minimum atomic E-state index is -0.786. The number of nitrogens with zero attached hydrogens (tertiary/aromatic N) is 1. The van der Waals surface area contributed by atoms with Gasteiger partial charge in [0.1, 0.15) is 5.54 Å². The van der Waals surface area contributed by atoms with Crippen molar-refractivity contribution in [2.45, 2.75) is 63.8 Å². The molecule has 1 aliphatic heterocycles. The SMILES string of the molecule is CC1CCC2(CC1)NC(=O)N(NC(=O)C1CC3CCC1C3)C2=O. The molecule has 1 saturated heterocycles. The van der Waals surface area contributed by atoms with Crippen molar-refractivity contribution in [3.63, 3.8) is 0 Å². The summed E-state index contributed by atoms with van der Waals surface area (Å²) in [6.07, 6.45) is 7.55. The molecule has 4 aliphatic rings. The van der Waals surface area contributed by atoms with Gasteiger partial charge in [0.25, 0.3) is 5.91 Å². The molecule has 126 valence electrons. The molecule has 6 nitrogen and oxygen atoms in total. The molecule has 0 aromatic heterocycles. The highest BCUT2D eigenvalue weighted by molar-refractivity contribution is 6.08. The number of carbonyl (C=O) groups is 3. The molecule has 0 aromatic carbocycles. The largest absolute Gasteiger partial charge is 0.344 e. The Bertz CT molecular complexity index is 553. The van der Waals surface area contributed by atoms with Crippen molar-refractivity contribution < 1.29 is 14.4 Å². The molecule has 4 amide bonds. The van der Waals surface area contributed by atoms with Crippen molar-refractivity contribution in [2.24, 2.45) is 23.7 Å². The van der Waals surface area contributed by atoms with Crippen molar-refractivity contribution in [3.05, 3.63) is 0 Å². The normalized spacial score (nSPS) is 42.4. The molecule has 0 aromatic rings. The van der Waals surface area contributed by atoms with Gasteiger partial charge >= 0.3 is 6.03 Å². The number of rotatable bonds is 2. The maximum absolute atomic E-state index is 12.7. The number of hydrogen-bond donors (Lipinski definition) is 2. The van der Waals surface area contributed by atoms with Gasteiger partial charge in [-0.2, -0.15) is 5.01 Å². The van der Waals surface area contributed by atoms with E-state index in [1.165, 1.54) is 6.42 Å². The zero-order chi connectivity index (χ0) is 16.2. The molecule has 4 rings (SSSR count). The van der Waals surface area contributed by atoms with E-state index in [9.17, 15) is 14.4 Å². The first-order chi connectivity index (χ1) is 11.0. The van der Waals surface area contributed by atoms with Crippen LogP contribution in [0.5, 0.6) is 0 Å². The van der Waals surface area contributed by atoms with Crippen molar-refractivity contribution in [2.75, 3.05) is 0 Å². The number of hydrazine groups is 1. The summed E-state index contributed by atoms with van der Waals surface area (Å²) in [5.41, 5.74) is 1.83. The van der Waals surface area contributed by atoms with Gasteiger partial charge in [0.2, 0.25) is 5.91 Å². The van der Waals surface area contributed by atoms with E-state index >= 15 is 0 Å². The van der Waals surface area contributed by atoms with Crippen LogP contribution in [0.15, 0.2) is 0 Å². The molecule has 3 unspecified atom stereocenters. The molecular formula is C17H25N3O3. The summed E-state index contributed by atoms with van der Waals surface area (Å²) in [6.45, 7) is 2.17. The van der Waals surface area contributed by atoms with Crippen LogP contribution in [-0.4, -0.2) is 28.4 Å². The van der Waals surface area contributed by atoms with E-state index < -0.39 is 11.6 Å². The summed E-state index contributed by atoms with van der Waals surface area (Å²) in [6, 6.07) is -0.471. The van der Waals surface area contributed by atoms with E-state index in [4.69, 9.17) is 0 Å². The van der Waals surface area contributed by atoms with Gasteiger partial charge in [-0.05, 0) is 62.7 Å². The van der Waals surface area contributed by atoms with Crippen LogP contribution in [0.3, 0.4) is 0 Å². The monoisotopic (exact) mass is 319 g/mol. The summed E-state index contributed by atoms with van der Waals surface area (Å²) in [4.78, 5) is 37.5. The zero-order valence-corrected chi connectivity index (χ0v) is 13.6. The number of hydrogen-bond acceptors (Lipinski definition) is 3. The van der Waals surface area contributed by atoms with E-state index in [0.717, 1.165) is 37.1 Å². The summed E-state index contributed by atoms with van der Waals surface area (Å²) >= 11 is 0. The van der Waals surface area contributed by atoms with E-state index in [0.29, 0.717) is 30.6 Å². The Kier molecular flexibility index (Phi) is 3.39. The van der Waals surface area contributed by atoms with Gasteiger partial charge < -0.3 is 5.32 Å². The highest BCUT2D eigenvalue weighted by atomic mass is 16.2. The molecule has 2 bridgehead atoms. The van der Waals surface area contributed by atoms with Crippen LogP contribution in [0.25, 0.3) is 0 Å². The summed E-state index contributed by atoms with van der Waals surface area (Å²) in [5, 5.41) is 3.79. The Morgan fingerprint density at radius 1 is 1.17 bits per heavy atom. The maximum Gasteiger partial charge on any atom is 0.344 e. The molecule has 3 aliphatic carbocycles. The number of amides is 4. The third-order valence-corrected chi connectivity index (χ3v) is 6.59. The zero-order valence-electron chi connectivity index (χ0n) is 13.6. The van der Waals surface area contributed by atoms with E-state index in [-0.39, 0.29) is 17.7 Å². The average Bonchev–Trinajstić information content (AvgIpc) is 3.21. The lowest BCUT2D eigenvalue weighted by atomic mass is 9.77. The van der Waals surface area contributed by atoms with Crippen LogP contribution in [-0.2, 0) is 9.59 Å². The third-order valence-electron chi connectivity index (χ3n) is 6.59. The summed E-state index contributed by atoms with van der Waals surface area (Å²) in [5.74, 6) is 1.23. The highest BCUT2D eigenvalue weighted by Crippen LogP contribution is 2.48. The highest BCUT2D eigenvalue weighted by Gasteiger charge is 2.53. The Labute approximate surface area is 136 Å². The first kappa shape index (κ1) is 15.0. The Morgan fingerprint density at radius 3 is 2.52 bits per heavy atom. The van der Waals surface area contributed by atoms with Crippen LogP contribution in [0.2, 0.25) is 0 Å². The van der Waals surface area contributed by atoms with Crippen molar-refractivity contribution in [1.29, 1.82) is 0 Å². The Balaban J connectivity index is 1.44. The molecular weight excluding hydrogens is 294 g/mol. The van der Waals surface area contributed by atoms with Crippen LogP contribution in [0, 0.1) is 23.7 Å². The Morgan fingerprint density at radius 2 is 1.91 bits per heavy atom. The fourth-order valence-electron chi connectivity index (χ4n) is 5.07. The molecule has 0 radical (unpaired) electrons. The average molecular weight is 319 g/mol. The lowest BCUT2D eigenvalue weighted by molar-refractivity contribution is -0.142. The van der Waals surface area contributed by atoms with Crippen LogP contribution in [0.4, 0.5) is 4.79 Å². The molecule has 3 saturated carbocycles. The minimum absolute atomic E-state index is 0.0303. The third kappa shape index (κ3) is 2.34. The molecule has 3 atom stereocenters. The fourth-order valence-corrected chi connectivity index (χ4v) is 5.07. The molecule has 1 spiro atoms. The molecule has 23 heavy (non-hydrogen) atoms. The molecule has 6 heteroatoms. The first-order valence-corrected chi connectivity index (χ1v) is 8.96. The lowest BCUT2D eigenvalue weighted by Gasteiger charge is -2.33. The number of fused-ring (bicyclic) bond motifs is 2. The minimum Gasteiger partial charge on any atom is -0.322 e. The second-order valence-electron chi connectivity index (χ2n) is 8.09. The second-order valence-corrected chi connectivity index (χ2v) is 8.09. The van der Waals surface area contributed by atoms with Gasteiger partial charge in [-0.3, -0.25) is 15.0 Å². The lowest BCUT2D eigenvalue weighted by Crippen LogP contribution is -2.52. The van der Waals surface area contributed by atoms with Gasteiger partial charge in [-0.25, -0.2) is 4.79 Å². The van der Waals surface area contributed by atoms with Crippen molar-refractivity contribution in [1.82, 2.24) is 15.8 Å². The predicted molar refractivity (Wildman–Crippen MR) is 82.8 cm³/mol. The standard InChI is InChI=1S/C17H25N3O3/c1-10-4-6-17(7-5-10)15(22)20(16(23)18-17)19-14(21)13-9-11-2-3-12(13)8-11/h10-13H,2-9H2,1H3,(H,18,23)(H,19,21). The van der Waals surface area contributed by atoms with Crippen LogP contribution >= 0.6 is 0 Å². The maximum atomic E-state index is 12.7. The molecule has 1 heterocycles. The smallest absolute Gasteiger partial charge is 0.322 e. The number of imide groups is 1.